The number of allylic oxidation sites excluding steroid dienone is 1. The van der Waals surface area contributed by atoms with Crippen LogP contribution in [0.2, 0.25) is 0 Å². The number of hydrogen-bond donors (Lipinski definition) is 1. The van der Waals surface area contributed by atoms with Crippen molar-refractivity contribution >= 4 is 40.5 Å². The van der Waals surface area contributed by atoms with Crippen LogP contribution in [-0.2, 0) is 29.0 Å². The van der Waals surface area contributed by atoms with Crippen LogP contribution >= 0.6 is 0 Å². The second-order valence-corrected chi connectivity index (χ2v) is 9.97. The van der Waals surface area contributed by atoms with E-state index >= 15 is 0 Å². The van der Waals surface area contributed by atoms with Gasteiger partial charge >= 0.3 is 6.09 Å². The van der Waals surface area contributed by atoms with Gasteiger partial charge in [-0.1, -0.05) is 18.2 Å². The second-order valence-electron chi connectivity index (χ2n) is 9.97. The Morgan fingerprint density at radius 3 is 2.85 bits per heavy atom. The first-order valence-corrected chi connectivity index (χ1v) is 13.3. The van der Waals surface area contributed by atoms with Crippen LogP contribution in [0.5, 0.6) is 5.75 Å². The number of amides is 2. The van der Waals surface area contributed by atoms with Crippen molar-refractivity contribution < 1.29 is 19.1 Å². The van der Waals surface area contributed by atoms with E-state index in [1.54, 1.807) is 31.3 Å². The topological polar surface area (TPSA) is 137 Å². The minimum absolute atomic E-state index is 0.0383. The number of benzene rings is 1. The molecule has 208 valence electrons. The summed E-state index contributed by atoms with van der Waals surface area (Å²) < 4.78 is 13.7. The number of nitrogens with one attached hydrogen (secondary N) is 1. The van der Waals surface area contributed by atoms with Gasteiger partial charge in [-0.05, 0) is 48.2 Å². The number of pyridine rings is 1. The van der Waals surface area contributed by atoms with E-state index in [4.69, 9.17) is 19.4 Å². The van der Waals surface area contributed by atoms with E-state index in [0.717, 1.165) is 16.8 Å². The SMILES string of the molecule is COC(=O)N1CCc2cc(Nc3ncc4c(=O)n5n(c4n3)-c3ccc4c(n3)N(CC/C=C/C5)C(=O)CO4)ccc2C1. The summed E-state index contributed by atoms with van der Waals surface area (Å²) in [4.78, 5) is 55.2. The Bertz CT molecular complexity index is 1810. The molecule has 0 saturated carbocycles. The Hall–Kier alpha value is -5.20. The maximum Gasteiger partial charge on any atom is 0.409 e. The molecule has 0 fully saturated rings. The van der Waals surface area contributed by atoms with Gasteiger partial charge in [0.15, 0.2) is 29.6 Å². The number of rotatable bonds is 2. The fourth-order valence-electron chi connectivity index (χ4n) is 5.44. The monoisotopic (exact) mass is 554 g/mol. The van der Waals surface area contributed by atoms with E-state index in [-0.39, 0.29) is 24.2 Å². The van der Waals surface area contributed by atoms with Gasteiger partial charge < -0.3 is 19.7 Å². The second kappa shape index (κ2) is 9.77. The lowest BCUT2D eigenvalue weighted by atomic mass is 9.99. The fourth-order valence-corrected chi connectivity index (χ4v) is 5.44. The minimum Gasteiger partial charge on any atom is -0.480 e. The number of nitrogens with zero attached hydrogens (tertiary/aromatic N) is 7. The highest BCUT2D eigenvalue weighted by Crippen LogP contribution is 2.32. The summed E-state index contributed by atoms with van der Waals surface area (Å²) in [5, 5.41) is 3.60. The third-order valence-corrected chi connectivity index (χ3v) is 7.50. The molecule has 7 rings (SSSR count). The van der Waals surface area contributed by atoms with Gasteiger partial charge in [0.05, 0.1) is 13.7 Å². The standard InChI is InChI=1S/C28H26N8O5/c1-40-28(39)33-12-9-17-13-19(6-5-18(17)15-33)30-27-29-14-20-24(32-27)36-22-8-7-21-25(31-22)34(23(37)16-41-21)10-3-2-4-11-35(36)26(20)38/h2,4-8,13-14H,3,9-12,15-16H2,1H3,(H,29,30,32)/b4-2+. The third kappa shape index (κ3) is 4.26. The molecule has 1 aromatic carbocycles. The van der Waals surface area contributed by atoms with Crippen LogP contribution in [0.15, 0.2) is 53.5 Å². The highest BCUT2D eigenvalue weighted by Gasteiger charge is 2.28. The Labute approximate surface area is 233 Å². The number of hydrogen-bond acceptors (Lipinski definition) is 9. The summed E-state index contributed by atoms with van der Waals surface area (Å²) in [6.07, 6.45) is 6.33. The maximum absolute atomic E-state index is 13.4. The summed E-state index contributed by atoms with van der Waals surface area (Å²) in [6, 6.07) is 9.41. The van der Waals surface area contributed by atoms with Crippen molar-refractivity contribution in [1.29, 1.82) is 0 Å². The molecule has 3 aliphatic rings. The van der Waals surface area contributed by atoms with Crippen LogP contribution in [-0.4, -0.2) is 68.0 Å². The van der Waals surface area contributed by atoms with Gasteiger partial charge in [-0.15, -0.1) is 0 Å². The molecule has 13 heteroatoms. The van der Waals surface area contributed by atoms with Gasteiger partial charge in [0.25, 0.3) is 11.5 Å². The summed E-state index contributed by atoms with van der Waals surface area (Å²) in [6.45, 7) is 1.78. The Kier molecular flexibility index (Phi) is 5.91. The summed E-state index contributed by atoms with van der Waals surface area (Å²) >= 11 is 0. The minimum atomic E-state index is -0.338. The molecule has 2 bridgehead atoms. The van der Waals surface area contributed by atoms with Crippen molar-refractivity contribution in [3.63, 3.8) is 0 Å². The zero-order valence-electron chi connectivity index (χ0n) is 22.2. The number of fused-ring (bicyclic) bond motifs is 6. The van der Waals surface area contributed by atoms with Gasteiger partial charge in [0.2, 0.25) is 5.95 Å². The number of carbonyl (C=O) groups excluding carboxylic acids is 2. The van der Waals surface area contributed by atoms with Crippen LogP contribution < -0.4 is 20.5 Å². The predicted molar refractivity (Wildman–Crippen MR) is 149 cm³/mol. The van der Waals surface area contributed by atoms with Crippen molar-refractivity contribution in [3.05, 3.63) is 70.2 Å². The van der Waals surface area contributed by atoms with Gasteiger partial charge in [-0.3, -0.25) is 14.5 Å². The molecule has 0 radical (unpaired) electrons. The molecule has 41 heavy (non-hydrogen) atoms. The quantitative estimate of drug-likeness (QED) is 0.371. The Balaban J connectivity index is 1.28. The number of carbonyl (C=O) groups is 2. The molecule has 3 aliphatic heterocycles. The highest BCUT2D eigenvalue weighted by atomic mass is 16.5. The average Bonchev–Trinajstić information content (AvgIpc) is 3.25. The fraction of sp³-hybridized carbons (Fsp3) is 0.286. The van der Waals surface area contributed by atoms with E-state index in [9.17, 15) is 14.4 Å². The average molecular weight is 555 g/mol. The van der Waals surface area contributed by atoms with Crippen LogP contribution in [0, 0.1) is 0 Å². The molecule has 3 aromatic heterocycles. The molecule has 4 aromatic rings. The third-order valence-electron chi connectivity index (χ3n) is 7.50. The molecule has 1 N–H and O–H groups in total. The first-order chi connectivity index (χ1) is 20.0. The van der Waals surface area contributed by atoms with E-state index in [1.807, 2.05) is 30.4 Å². The number of aromatic nitrogens is 5. The van der Waals surface area contributed by atoms with Crippen molar-refractivity contribution in [1.82, 2.24) is 29.2 Å². The molecule has 0 atom stereocenters. The summed E-state index contributed by atoms with van der Waals surface area (Å²) in [5.41, 5.74) is 3.10. The van der Waals surface area contributed by atoms with E-state index in [0.29, 0.717) is 73.4 Å². The maximum atomic E-state index is 13.4. The van der Waals surface area contributed by atoms with Crippen LogP contribution in [0.3, 0.4) is 0 Å². The number of anilines is 3. The molecule has 6 heterocycles. The molecule has 13 nitrogen and oxygen atoms in total. The lowest BCUT2D eigenvalue weighted by molar-refractivity contribution is -0.121. The van der Waals surface area contributed by atoms with Gasteiger partial charge in [0.1, 0.15) is 5.39 Å². The zero-order valence-corrected chi connectivity index (χ0v) is 22.2. The molecule has 0 saturated heterocycles. The van der Waals surface area contributed by atoms with Crippen molar-refractivity contribution in [2.45, 2.75) is 25.9 Å². The lowest BCUT2D eigenvalue weighted by Gasteiger charge is -2.28. The lowest BCUT2D eigenvalue weighted by Crippen LogP contribution is -2.40. The number of methoxy groups -OCH3 is 1. The Morgan fingerprint density at radius 2 is 1.98 bits per heavy atom. The first-order valence-electron chi connectivity index (χ1n) is 13.3. The summed E-state index contributed by atoms with van der Waals surface area (Å²) in [5.74, 6) is 1.51. The normalized spacial score (nSPS) is 16.8. The zero-order chi connectivity index (χ0) is 28.1. The number of ether oxygens (including phenoxy) is 2. The molecule has 2 amide bonds. The smallest absolute Gasteiger partial charge is 0.409 e. The van der Waals surface area contributed by atoms with Gasteiger partial charge in [0, 0.05) is 31.5 Å². The van der Waals surface area contributed by atoms with Crippen LogP contribution in [0.1, 0.15) is 17.5 Å². The molecular formula is C28H26N8O5. The molecule has 0 aliphatic carbocycles. The largest absolute Gasteiger partial charge is 0.480 e. The molecular weight excluding hydrogens is 528 g/mol. The Morgan fingerprint density at radius 1 is 1.07 bits per heavy atom. The van der Waals surface area contributed by atoms with Gasteiger partial charge in [-0.25, -0.2) is 24.1 Å². The van der Waals surface area contributed by atoms with E-state index in [1.165, 1.54) is 13.3 Å². The predicted octanol–water partition coefficient (Wildman–Crippen LogP) is 2.53. The summed E-state index contributed by atoms with van der Waals surface area (Å²) in [7, 11) is 1.38. The highest BCUT2D eigenvalue weighted by molar-refractivity contribution is 5.96. The van der Waals surface area contributed by atoms with Crippen molar-refractivity contribution in [3.8, 4) is 11.6 Å². The van der Waals surface area contributed by atoms with Gasteiger partial charge in [-0.2, -0.15) is 4.98 Å². The van der Waals surface area contributed by atoms with E-state index in [2.05, 4.69) is 10.3 Å². The van der Waals surface area contributed by atoms with Crippen molar-refractivity contribution in [2.75, 3.05) is 37.0 Å². The molecule has 0 spiro atoms. The van der Waals surface area contributed by atoms with E-state index < -0.39 is 0 Å². The van der Waals surface area contributed by atoms with Crippen LogP contribution in [0.4, 0.5) is 22.2 Å². The first kappa shape index (κ1) is 24.8. The van der Waals surface area contributed by atoms with Crippen molar-refractivity contribution in [2.24, 2.45) is 0 Å². The van der Waals surface area contributed by atoms with Crippen LogP contribution in [0.25, 0.3) is 16.9 Å². The molecule has 0 unspecified atom stereocenters.